The lowest BCUT2D eigenvalue weighted by Gasteiger charge is -2.20. The largest absolute Gasteiger partial charge is 0.469 e. The number of amides is 1. The molecule has 104 valence electrons. The number of hydrogen-bond acceptors (Lipinski definition) is 3. The quantitative estimate of drug-likeness (QED) is 0.782. The molecule has 0 aromatic heterocycles. The van der Waals surface area contributed by atoms with Gasteiger partial charge in [-0.3, -0.25) is 9.59 Å². The number of carbonyl (C=O) groups is 2. The van der Waals surface area contributed by atoms with Crippen LogP contribution in [0.15, 0.2) is 18.2 Å². The van der Waals surface area contributed by atoms with Crippen molar-refractivity contribution in [1.82, 2.24) is 4.90 Å². The van der Waals surface area contributed by atoms with Gasteiger partial charge in [-0.25, -0.2) is 4.39 Å². The van der Waals surface area contributed by atoms with Crippen molar-refractivity contribution in [3.05, 3.63) is 34.6 Å². The molecule has 0 atom stereocenters. The van der Waals surface area contributed by atoms with E-state index in [0.717, 1.165) is 6.07 Å². The maximum atomic E-state index is 13.6. The van der Waals surface area contributed by atoms with E-state index in [1.54, 1.807) is 6.92 Å². The summed E-state index contributed by atoms with van der Waals surface area (Å²) in [4.78, 5) is 24.5. The number of methoxy groups -OCH3 is 1. The fourth-order valence-corrected chi connectivity index (χ4v) is 1.72. The number of ether oxygens (including phenoxy) is 1. The minimum atomic E-state index is -0.672. The smallest absolute Gasteiger partial charge is 0.307 e. The molecule has 0 radical (unpaired) electrons. The fraction of sp³-hybridized carbons (Fsp3) is 0.385. The van der Waals surface area contributed by atoms with E-state index in [1.165, 1.54) is 24.1 Å². The number of benzene rings is 1. The van der Waals surface area contributed by atoms with E-state index in [1.807, 2.05) is 0 Å². The van der Waals surface area contributed by atoms with Crippen LogP contribution in [0, 0.1) is 5.82 Å². The van der Waals surface area contributed by atoms with Gasteiger partial charge in [0.25, 0.3) is 5.91 Å². The number of halogens is 2. The first-order chi connectivity index (χ1) is 8.99. The van der Waals surface area contributed by atoms with Gasteiger partial charge in [0.1, 0.15) is 5.82 Å². The van der Waals surface area contributed by atoms with Gasteiger partial charge in [-0.2, -0.15) is 0 Å². The van der Waals surface area contributed by atoms with E-state index < -0.39 is 17.7 Å². The average Bonchev–Trinajstić information content (AvgIpc) is 2.38. The van der Waals surface area contributed by atoms with Crippen LogP contribution in [0.25, 0.3) is 0 Å². The third-order valence-electron chi connectivity index (χ3n) is 2.64. The van der Waals surface area contributed by atoms with E-state index in [0.29, 0.717) is 6.54 Å². The van der Waals surface area contributed by atoms with Crippen molar-refractivity contribution >= 4 is 23.5 Å². The van der Waals surface area contributed by atoms with Crippen LogP contribution in [0.5, 0.6) is 0 Å². The first kappa shape index (κ1) is 15.4. The molecule has 19 heavy (non-hydrogen) atoms. The summed E-state index contributed by atoms with van der Waals surface area (Å²) in [6.07, 6.45) is 0.0747. The van der Waals surface area contributed by atoms with Crippen molar-refractivity contribution in [2.75, 3.05) is 20.2 Å². The number of hydrogen-bond donors (Lipinski definition) is 0. The molecule has 0 aliphatic rings. The second-order valence-corrected chi connectivity index (χ2v) is 4.27. The summed E-state index contributed by atoms with van der Waals surface area (Å²) in [6, 6.07) is 3.87. The summed E-state index contributed by atoms with van der Waals surface area (Å²) in [7, 11) is 1.28. The van der Waals surface area contributed by atoms with Crippen molar-refractivity contribution < 1.29 is 18.7 Å². The standard InChI is InChI=1S/C13H15ClFNO3/c1-3-16(7-6-12(17)19-2)13(18)10-5-4-9(14)8-11(10)15/h4-5,8H,3,6-7H2,1-2H3. The predicted molar refractivity (Wildman–Crippen MR) is 69.6 cm³/mol. The zero-order chi connectivity index (χ0) is 14.4. The zero-order valence-corrected chi connectivity index (χ0v) is 11.5. The maximum Gasteiger partial charge on any atom is 0.307 e. The average molecular weight is 288 g/mol. The molecule has 0 fully saturated rings. The summed E-state index contributed by atoms with van der Waals surface area (Å²) in [5, 5.41) is 0.228. The van der Waals surface area contributed by atoms with E-state index in [4.69, 9.17) is 11.6 Å². The maximum absolute atomic E-state index is 13.6. The molecule has 0 heterocycles. The second kappa shape index (κ2) is 7.09. The molecule has 0 saturated heterocycles. The third kappa shape index (κ3) is 4.21. The molecule has 1 amide bonds. The Morgan fingerprint density at radius 2 is 2.11 bits per heavy atom. The van der Waals surface area contributed by atoms with Crippen LogP contribution >= 0.6 is 11.6 Å². The van der Waals surface area contributed by atoms with Gasteiger partial charge in [-0.05, 0) is 25.1 Å². The Morgan fingerprint density at radius 3 is 2.63 bits per heavy atom. The molecule has 1 aromatic rings. The highest BCUT2D eigenvalue weighted by Gasteiger charge is 2.19. The normalized spacial score (nSPS) is 10.1. The van der Waals surface area contributed by atoms with Crippen molar-refractivity contribution in [2.45, 2.75) is 13.3 Å². The highest BCUT2D eigenvalue weighted by atomic mass is 35.5. The number of carbonyl (C=O) groups excluding carboxylic acids is 2. The topological polar surface area (TPSA) is 46.6 Å². The van der Waals surface area contributed by atoms with Crippen molar-refractivity contribution in [3.8, 4) is 0 Å². The van der Waals surface area contributed by atoms with E-state index in [-0.39, 0.29) is 23.6 Å². The third-order valence-corrected chi connectivity index (χ3v) is 2.88. The first-order valence-electron chi connectivity index (χ1n) is 5.80. The summed E-state index contributed by atoms with van der Waals surface area (Å²) >= 11 is 5.63. The molecule has 0 bridgehead atoms. The monoisotopic (exact) mass is 287 g/mol. The Hall–Kier alpha value is -1.62. The molecule has 1 rings (SSSR count). The van der Waals surface area contributed by atoms with Crippen LogP contribution < -0.4 is 0 Å². The predicted octanol–water partition coefficient (Wildman–Crippen LogP) is 2.50. The molecular weight excluding hydrogens is 273 g/mol. The molecule has 0 N–H and O–H groups in total. The summed E-state index contributed by atoms with van der Waals surface area (Å²) in [6.45, 7) is 2.31. The van der Waals surface area contributed by atoms with Crippen LogP contribution in [0.1, 0.15) is 23.7 Å². The summed E-state index contributed by atoms with van der Waals surface area (Å²) < 4.78 is 18.1. The lowest BCUT2D eigenvalue weighted by molar-refractivity contribution is -0.140. The van der Waals surface area contributed by atoms with Gasteiger partial charge < -0.3 is 9.64 Å². The molecule has 0 unspecified atom stereocenters. The first-order valence-corrected chi connectivity index (χ1v) is 6.18. The van der Waals surface area contributed by atoms with E-state index in [2.05, 4.69) is 4.74 Å². The molecular formula is C13H15ClFNO3. The molecule has 1 aromatic carbocycles. The van der Waals surface area contributed by atoms with Gasteiger partial charge in [0.05, 0.1) is 19.1 Å². The highest BCUT2D eigenvalue weighted by Crippen LogP contribution is 2.16. The van der Waals surface area contributed by atoms with Crippen molar-refractivity contribution in [3.63, 3.8) is 0 Å². The zero-order valence-electron chi connectivity index (χ0n) is 10.8. The molecule has 0 aliphatic carbocycles. The van der Waals surface area contributed by atoms with Gasteiger partial charge in [-0.15, -0.1) is 0 Å². The summed E-state index contributed by atoms with van der Waals surface area (Å²) in [5.74, 6) is -1.56. The van der Waals surface area contributed by atoms with Gasteiger partial charge in [0, 0.05) is 18.1 Å². The molecule has 6 heteroatoms. The van der Waals surface area contributed by atoms with Crippen LogP contribution in [0.2, 0.25) is 5.02 Å². The lowest BCUT2D eigenvalue weighted by atomic mass is 10.2. The van der Waals surface area contributed by atoms with Crippen LogP contribution in [-0.2, 0) is 9.53 Å². The van der Waals surface area contributed by atoms with Crippen molar-refractivity contribution in [1.29, 1.82) is 0 Å². The molecule has 0 spiro atoms. The Morgan fingerprint density at radius 1 is 1.42 bits per heavy atom. The highest BCUT2D eigenvalue weighted by molar-refractivity contribution is 6.30. The second-order valence-electron chi connectivity index (χ2n) is 3.84. The Labute approximate surface area is 116 Å². The lowest BCUT2D eigenvalue weighted by Crippen LogP contribution is -2.33. The van der Waals surface area contributed by atoms with Crippen LogP contribution in [0.4, 0.5) is 4.39 Å². The van der Waals surface area contributed by atoms with Crippen molar-refractivity contribution in [2.24, 2.45) is 0 Å². The Balaban J connectivity index is 2.80. The molecule has 4 nitrogen and oxygen atoms in total. The fourth-order valence-electron chi connectivity index (χ4n) is 1.56. The number of nitrogens with zero attached hydrogens (tertiary/aromatic N) is 1. The number of rotatable bonds is 5. The van der Waals surface area contributed by atoms with Gasteiger partial charge in [0.15, 0.2) is 0 Å². The Bertz CT molecular complexity index is 479. The molecule has 0 aliphatic heterocycles. The minimum Gasteiger partial charge on any atom is -0.469 e. The van der Waals surface area contributed by atoms with Gasteiger partial charge >= 0.3 is 5.97 Å². The summed E-state index contributed by atoms with van der Waals surface area (Å²) in [5.41, 5.74) is -0.0592. The van der Waals surface area contributed by atoms with Gasteiger partial charge in [-0.1, -0.05) is 11.6 Å². The SMILES string of the molecule is CCN(CCC(=O)OC)C(=O)c1ccc(Cl)cc1F. The number of esters is 1. The van der Waals surface area contributed by atoms with Crippen LogP contribution in [0.3, 0.4) is 0 Å². The van der Waals surface area contributed by atoms with E-state index in [9.17, 15) is 14.0 Å². The molecule has 0 saturated carbocycles. The van der Waals surface area contributed by atoms with Crippen LogP contribution in [-0.4, -0.2) is 37.0 Å². The van der Waals surface area contributed by atoms with Gasteiger partial charge in [0.2, 0.25) is 0 Å². The van der Waals surface area contributed by atoms with E-state index >= 15 is 0 Å². The minimum absolute atomic E-state index is 0.0592. The Kier molecular flexibility index (Phi) is 5.76.